The number of benzene rings is 1. The molecule has 1 fully saturated rings. The summed E-state index contributed by atoms with van der Waals surface area (Å²) in [6, 6.07) is 6.27. The van der Waals surface area contributed by atoms with Crippen LogP contribution in [0.3, 0.4) is 0 Å². The molecule has 0 radical (unpaired) electrons. The third kappa shape index (κ3) is 3.14. The molecule has 5 nitrogen and oxygen atoms in total. The first kappa shape index (κ1) is 15.5. The van der Waals surface area contributed by atoms with Crippen molar-refractivity contribution in [2.45, 2.75) is 37.7 Å². The summed E-state index contributed by atoms with van der Waals surface area (Å²) in [5, 5.41) is 19.0. The minimum Gasteiger partial charge on any atom is -0.388 e. The number of aliphatic hydroxyl groups is 1. The van der Waals surface area contributed by atoms with Crippen LogP contribution in [0, 0.1) is 5.82 Å². The number of imidazole rings is 1. The van der Waals surface area contributed by atoms with Crippen LogP contribution in [0.15, 0.2) is 30.5 Å². The summed E-state index contributed by atoms with van der Waals surface area (Å²) >= 11 is 1.45. The van der Waals surface area contributed by atoms with E-state index in [9.17, 15) is 9.50 Å². The lowest BCUT2D eigenvalue weighted by molar-refractivity contribution is 0.0167. The van der Waals surface area contributed by atoms with Gasteiger partial charge in [-0.1, -0.05) is 30.6 Å². The topological polar surface area (TPSA) is 62.5 Å². The number of hydrogen-bond donors (Lipinski definition) is 2. The molecular formula is C17H19FN4OS. The first-order valence-corrected chi connectivity index (χ1v) is 9.01. The van der Waals surface area contributed by atoms with E-state index in [1.54, 1.807) is 16.6 Å². The van der Waals surface area contributed by atoms with Crippen molar-refractivity contribution in [3.05, 3.63) is 36.3 Å². The fraction of sp³-hybridized carbons (Fsp3) is 0.412. The summed E-state index contributed by atoms with van der Waals surface area (Å²) in [5.74, 6) is -0.259. The highest BCUT2D eigenvalue weighted by Crippen LogP contribution is 2.29. The molecule has 2 aromatic heterocycles. The van der Waals surface area contributed by atoms with Gasteiger partial charge in [-0.2, -0.15) is 0 Å². The Bertz CT molecular complexity index is 805. The fourth-order valence-corrected chi connectivity index (χ4v) is 3.94. The average Bonchev–Trinajstić information content (AvgIpc) is 3.13. The first-order chi connectivity index (χ1) is 11.6. The summed E-state index contributed by atoms with van der Waals surface area (Å²) in [6.45, 7) is 0.522. The van der Waals surface area contributed by atoms with Crippen molar-refractivity contribution in [3.63, 3.8) is 0 Å². The SMILES string of the molecule is OC1(CNc2nn3cc(-c4ccc(F)cc4)nc3s2)CCCCC1. The van der Waals surface area contributed by atoms with Crippen LogP contribution < -0.4 is 5.32 Å². The van der Waals surface area contributed by atoms with E-state index in [0.29, 0.717) is 6.54 Å². The average molecular weight is 346 g/mol. The van der Waals surface area contributed by atoms with E-state index in [4.69, 9.17) is 0 Å². The number of anilines is 1. The van der Waals surface area contributed by atoms with E-state index in [1.165, 1.54) is 29.9 Å². The molecule has 1 aromatic carbocycles. The number of nitrogens with one attached hydrogen (secondary N) is 1. The molecule has 3 aromatic rings. The van der Waals surface area contributed by atoms with Crippen molar-refractivity contribution < 1.29 is 9.50 Å². The Labute approximate surface area is 143 Å². The fourth-order valence-electron chi connectivity index (χ4n) is 3.16. The molecular weight excluding hydrogens is 327 g/mol. The Balaban J connectivity index is 1.48. The highest BCUT2D eigenvalue weighted by molar-refractivity contribution is 7.20. The van der Waals surface area contributed by atoms with Crippen LogP contribution >= 0.6 is 11.3 Å². The number of hydrogen-bond acceptors (Lipinski definition) is 5. The lowest BCUT2D eigenvalue weighted by Crippen LogP contribution is -2.38. The van der Waals surface area contributed by atoms with Crippen LogP contribution in [-0.4, -0.2) is 31.9 Å². The van der Waals surface area contributed by atoms with Gasteiger partial charge in [-0.15, -0.1) is 5.10 Å². The highest BCUT2D eigenvalue weighted by Gasteiger charge is 2.29. The summed E-state index contributed by atoms with van der Waals surface area (Å²) in [4.78, 5) is 5.31. The lowest BCUT2D eigenvalue weighted by Gasteiger charge is -2.31. The van der Waals surface area contributed by atoms with Gasteiger partial charge < -0.3 is 10.4 Å². The van der Waals surface area contributed by atoms with Gasteiger partial charge in [0, 0.05) is 12.1 Å². The molecule has 126 valence electrons. The number of aromatic nitrogens is 3. The van der Waals surface area contributed by atoms with Crippen molar-refractivity contribution in [3.8, 4) is 11.3 Å². The van der Waals surface area contributed by atoms with Crippen LogP contribution in [0.1, 0.15) is 32.1 Å². The third-order valence-electron chi connectivity index (χ3n) is 4.54. The van der Waals surface area contributed by atoms with Gasteiger partial charge in [0.15, 0.2) is 0 Å². The van der Waals surface area contributed by atoms with Crippen LogP contribution in [-0.2, 0) is 0 Å². The monoisotopic (exact) mass is 346 g/mol. The predicted octanol–water partition coefficient (Wildman–Crippen LogP) is 3.70. The Hall–Kier alpha value is -1.99. The molecule has 7 heteroatoms. The largest absolute Gasteiger partial charge is 0.388 e. The second-order valence-electron chi connectivity index (χ2n) is 6.41. The Morgan fingerprint density at radius 1 is 1.21 bits per heavy atom. The summed E-state index contributed by atoms with van der Waals surface area (Å²) < 4.78 is 14.7. The van der Waals surface area contributed by atoms with E-state index >= 15 is 0 Å². The van der Waals surface area contributed by atoms with E-state index in [2.05, 4.69) is 15.4 Å². The van der Waals surface area contributed by atoms with Gasteiger partial charge in [0.1, 0.15) is 5.82 Å². The van der Waals surface area contributed by atoms with E-state index in [1.807, 2.05) is 6.20 Å². The van der Waals surface area contributed by atoms with Crippen LogP contribution in [0.5, 0.6) is 0 Å². The third-order valence-corrected chi connectivity index (χ3v) is 5.42. The van der Waals surface area contributed by atoms with Crippen molar-refractivity contribution in [2.75, 3.05) is 11.9 Å². The molecule has 4 rings (SSSR count). The Morgan fingerprint density at radius 3 is 2.67 bits per heavy atom. The standard InChI is InChI=1S/C17H19FN4OS/c18-13-6-4-12(5-7-13)14-10-22-16(20-14)24-15(21-22)19-11-17(23)8-2-1-3-9-17/h4-7,10,23H,1-3,8-9,11H2,(H,19,21). The zero-order chi connectivity index (χ0) is 16.6. The summed E-state index contributed by atoms with van der Waals surface area (Å²) in [5.41, 5.74) is 1.01. The van der Waals surface area contributed by atoms with E-state index in [0.717, 1.165) is 47.0 Å². The molecule has 0 bridgehead atoms. The second-order valence-corrected chi connectivity index (χ2v) is 7.36. The molecule has 1 saturated carbocycles. The Kier molecular flexibility index (Phi) is 3.97. The van der Waals surface area contributed by atoms with Gasteiger partial charge >= 0.3 is 0 Å². The maximum atomic E-state index is 13.0. The molecule has 2 heterocycles. The van der Waals surface area contributed by atoms with Gasteiger partial charge in [-0.05, 0) is 37.1 Å². The van der Waals surface area contributed by atoms with Crippen LogP contribution in [0.2, 0.25) is 0 Å². The van der Waals surface area contributed by atoms with Crippen molar-refractivity contribution in [1.29, 1.82) is 0 Å². The van der Waals surface area contributed by atoms with Crippen molar-refractivity contribution in [1.82, 2.24) is 14.6 Å². The molecule has 0 amide bonds. The van der Waals surface area contributed by atoms with Crippen molar-refractivity contribution >= 4 is 21.4 Å². The summed E-state index contributed by atoms with van der Waals surface area (Å²) in [7, 11) is 0. The highest BCUT2D eigenvalue weighted by atomic mass is 32.1. The van der Waals surface area contributed by atoms with Gasteiger partial charge in [0.25, 0.3) is 0 Å². The minimum absolute atomic E-state index is 0.259. The second kappa shape index (κ2) is 6.14. The molecule has 0 atom stereocenters. The normalized spacial score (nSPS) is 17.2. The van der Waals surface area contributed by atoms with Gasteiger partial charge in [-0.25, -0.2) is 13.9 Å². The van der Waals surface area contributed by atoms with Crippen LogP contribution in [0.25, 0.3) is 16.2 Å². The van der Waals surface area contributed by atoms with Crippen LogP contribution in [0.4, 0.5) is 9.52 Å². The lowest BCUT2D eigenvalue weighted by atomic mass is 9.85. The Morgan fingerprint density at radius 2 is 1.96 bits per heavy atom. The molecule has 0 saturated heterocycles. The van der Waals surface area contributed by atoms with E-state index < -0.39 is 5.60 Å². The zero-order valence-corrected chi connectivity index (χ0v) is 14.0. The molecule has 0 aliphatic heterocycles. The smallest absolute Gasteiger partial charge is 0.214 e. The molecule has 0 unspecified atom stereocenters. The molecule has 24 heavy (non-hydrogen) atoms. The zero-order valence-electron chi connectivity index (χ0n) is 13.2. The minimum atomic E-state index is -0.620. The number of halogens is 1. The molecule has 2 N–H and O–H groups in total. The van der Waals surface area contributed by atoms with Gasteiger partial charge in [0.2, 0.25) is 10.1 Å². The maximum absolute atomic E-state index is 13.0. The summed E-state index contributed by atoms with van der Waals surface area (Å²) in [6.07, 6.45) is 6.90. The number of fused-ring (bicyclic) bond motifs is 1. The number of rotatable bonds is 4. The molecule has 0 spiro atoms. The molecule has 1 aliphatic rings. The van der Waals surface area contributed by atoms with Gasteiger partial charge in [0.05, 0.1) is 17.5 Å². The van der Waals surface area contributed by atoms with Crippen molar-refractivity contribution in [2.24, 2.45) is 0 Å². The first-order valence-electron chi connectivity index (χ1n) is 8.20. The quantitative estimate of drug-likeness (QED) is 0.756. The van der Waals surface area contributed by atoms with E-state index in [-0.39, 0.29) is 5.82 Å². The maximum Gasteiger partial charge on any atom is 0.214 e. The number of nitrogens with zero attached hydrogens (tertiary/aromatic N) is 3. The predicted molar refractivity (Wildman–Crippen MR) is 92.8 cm³/mol. The molecule has 1 aliphatic carbocycles. The van der Waals surface area contributed by atoms with Gasteiger partial charge in [-0.3, -0.25) is 0 Å².